The van der Waals surface area contributed by atoms with Gasteiger partial charge in [-0.3, -0.25) is 9.78 Å². The van der Waals surface area contributed by atoms with Gasteiger partial charge in [0.1, 0.15) is 5.82 Å². The fourth-order valence-electron chi connectivity index (χ4n) is 3.16. The molecule has 4 rings (SSSR count). The largest absolute Gasteiger partial charge is 0.359 e. The van der Waals surface area contributed by atoms with Crippen LogP contribution in [0.4, 0.5) is 4.39 Å². The van der Waals surface area contributed by atoms with Crippen LogP contribution in [0.5, 0.6) is 0 Å². The van der Waals surface area contributed by atoms with Gasteiger partial charge >= 0.3 is 0 Å². The maximum atomic E-state index is 14.0. The number of amides is 1. The van der Waals surface area contributed by atoms with Crippen molar-refractivity contribution in [3.63, 3.8) is 0 Å². The monoisotopic (exact) mass is 355 g/mol. The average Bonchev–Trinajstić information content (AvgIpc) is 3.06. The van der Waals surface area contributed by atoms with Crippen LogP contribution in [0.25, 0.3) is 16.6 Å². The minimum Gasteiger partial charge on any atom is -0.359 e. The quantitative estimate of drug-likeness (QED) is 0.745. The van der Waals surface area contributed by atoms with Crippen LogP contribution in [0, 0.1) is 5.82 Å². The molecule has 0 aliphatic carbocycles. The highest BCUT2D eigenvalue weighted by Crippen LogP contribution is 2.29. The number of hydrogen-bond donors (Lipinski definition) is 1. The number of carbonyl (C=O) groups excluding carboxylic acids is 1. The van der Waals surface area contributed by atoms with Gasteiger partial charge in [-0.05, 0) is 36.3 Å². The molecule has 0 radical (unpaired) electrons. The van der Waals surface area contributed by atoms with Crippen LogP contribution in [0.15, 0.2) is 48.8 Å². The van der Waals surface area contributed by atoms with Crippen molar-refractivity contribution in [3.8, 4) is 0 Å². The lowest BCUT2D eigenvalue weighted by atomic mass is 10.0. The van der Waals surface area contributed by atoms with E-state index in [0.717, 1.165) is 22.2 Å². The summed E-state index contributed by atoms with van der Waals surface area (Å²) >= 11 is 6.00. The molecule has 1 N–H and O–H groups in total. The molecule has 0 saturated carbocycles. The highest BCUT2D eigenvalue weighted by molar-refractivity contribution is 6.33. The molecular formula is C19H15ClFN3O. The number of aromatic amines is 1. The summed E-state index contributed by atoms with van der Waals surface area (Å²) in [6, 6.07) is 8.14. The fraction of sp³-hybridized carbons (Fsp3) is 0.158. The summed E-state index contributed by atoms with van der Waals surface area (Å²) in [6.45, 7) is 0.924. The summed E-state index contributed by atoms with van der Waals surface area (Å²) in [5, 5.41) is 0.139. The van der Waals surface area contributed by atoms with Crippen LogP contribution in [0.1, 0.15) is 22.3 Å². The number of H-pyrrole nitrogens is 1. The molecule has 1 aliphatic heterocycles. The zero-order valence-corrected chi connectivity index (χ0v) is 14.1. The first-order valence-corrected chi connectivity index (χ1v) is 8.38. The molecule has 3 aromatic rings. The van der Waals surface area contributed by atoms with Gasteiger partial charge in [-0.25, -0.2) is 4.39 Å². The number of aromatic nitrogens is 2. The molecule has 25 heavy (non-hydrogen) atoms. The molecule has 0 unspecified atom stereocenters. The number of benzene rings is 1. The van der Waals surface area contributed by atoms with Gasteiger partial charge in [0.15, 0.2) is 0 Å². The van der Waals surface area contributed by atoms with Crippen molar-refractivity contribution in [1.29, 1.82) is 0 Å². The van der Waals surface area contributed by atoms with Crippen molar-refractivity contribution in [2.45, 2.75) is 6.42 Å². The van der Waals surface area contributed by atoms with Crippen LogP contribution in [-0.2, 0) is 0 Å². The number of nitrogens with zero attached hydrogens (tertiary/aromatic N) is 2. The highest BCUT2D eigenvalue weighted by atomic mass is 35.5. The third-order valence-corrected chi connectivity index (χ3v) is 4.77. The van der Waals surface area contributed by atoms with E-state index in [9.17, 15) is 9.18 Å². The van der Waals surface area contributed by atoms with Gasteiger partial charge < -0.3 is 9.88 Å². The predicted octanol–water partition coefficient (Wildman–Crippen LogP) is 4.28. The van der Waals surface area contributed by atoms with Crippen molar-refractivity contribution in [2.24, 2.45) is 0 Å². The van der Waals surface area contributed by atoms with Crippen LogP contribution >= 0.6 is 11.6 Å². The summed E-state index contributed by atoms with van der Waals surface area (Å²) in [7, 11) is 0. The Morgan fingerprint density at radius 3 is 2.92 bits per heavy atom. The molecule has 126 valence electrons. The fourth-order valence-corrected chi connectivity index (χ4v) is 3.40. The Hall–Kier alpha value is -2.66. The van der Waals surface area contributed by atoms with E-state index in [1.807, 2.05) is 24.4 Å². The van der Waals surface area contributed by atoms with Gasteiger partial charge in [0.2, 0.25) is 0 Å². The molecular weight excluding hydrogens is 341 g/mol. The average molecular weight is 356 g/mol. The summed E-state index contributed by atoms with van der Waals surface area (Å²) in [4.78, 5) is 21.8. The Morgan fingerprint density at radius 1 is 1.28 bits per heavy atom. The van der Waals surface area contributed by atoms with Gasteiger partial charge in [-0.1, -0.05) is 23.7 Å². The SMILES string of the molecule is O=C(c1c(F)cccc1Cl)N1CC=C(c2c[nH]c3cccnc23)CC1. The number of nitrogens with one attached hydrogen (secondary N) is 1. The third kappa shape index (κ3) is 2.81. The van der Waals surface area contributed by atoms with Crippen molar-refractivity contribution < 1.29 is 9.18 Å². The van der Waals surface area contributed by atoms with E-state index in [2.05, 4.69) is 9.97 Å². The van der Waals surface area contributed by atoms with Crippen molar-refractivity contribution in [3.05, 3.63) is 70.8 Å². The molecule has 0 fully saturated rings. The lowest BCUT2D eigenvalue weighted by Gasteiger charge is -2.27. The molecule has 1 amide bonds. The lowest BCUT2D eigenvalue weighted by Crippen LogP contribution is -2.35. The number of hydrogen-bond acceptors (Lipinski definition) is 2. The normalized spacial score (nSPS) is 14.6. The van der Waals surface area contributed by atoms with E-state index in [4.69, 9.17) is 11.6 Å². The summed E-state index contributed by atoms with van der Waals surface area (Å²) < 4.78 is 14.0. The maximum absolute atomic E-state index is 14.0. The molecule has 4 nitrogen and oxygen atoms in total. The molecule has 6 heteroatoms. The summed E-state index contributed by atoms with van der Waals surface area (Å²) in [5.41, 5.74) is 4.02. The minimum atomic E-state index is -0.590. The first kappa shape index (κ1) is 15.8. The van der Waals surface area contributed by atoms with Crippen molar-refractivity contribution >= 4 is 34.1 Å². The third-order valence-electron chi connectivity index (χ3n) is 4.45. The van der Waals surface area contributed by atoms with Crippen LogP contribution < -0.4 is 0 Å². The van der Waals surface area contributed by atoms with Gasteiger partial charge in [0.25, 0.3) is 5.91 Å². The van der Waals surface area contributed by atoms with Crippen molar-refractivity contribution in [2.75, 3.05) is 13.1 Å². The zero-order valence-electron chi connectivity index (χ0n) is 13.3. The van der Waals surface area contributed by atoms with E-state index in [0.29, 0.717) is 19.5 Å². The van der Waals surface area contributed by atoms with Crippen molar-refractivity contribution in [1.82, 2.24) is 14.9 Å². The Bertz CT molecular complexity index is 975. The lowest BCUT2D eigenvalue weighted by molar-refractivity contribution is 0.0768. The summed E-state index contributed by atoms with van der Waals surface area (Å²) in [6.07, 6.45) is 6.38. The minimum absolute atomic E-state index is 0.0604. The van der Waals surface area contributed by atoms with E-state index in [1.54, 1.807) is 11.1 Å². The Balaban J connectivity index is 1.59. The van der Waals surface area contributed by atoms with Gasteiger partial charge in [0, 0.05) is 31.0 Å². The van der Waals surface area contributed by atoms with Crippen LogP contribution in [0.2, 0.25) is 5.02 Å². The second-order valence-corrected chi connectivity index (χ2v) is 6.34. The molecule has 2 aromatic heterocycles. The first-order chi connectivity index (χ1) is 12.1. The van der Waals surface area contributed by atoms with E-state index in [-0.39, 0.29) is 16.5 Å². The van der Waals surface area contributed by atoms with Crippen LogP contribution in [0.3, 0.4) is 0 Å². The first-order valence-electron chi connectivity index (χ1n) is 8.00. The zero-order chi connectivity index (χ0) is 17.4. The van der Waals surface area contributed by atoms with E-state index in [1.165, 1.54) is 18.2 Å². The maximum Gasteiger partial charge on any atom is 0.258 e. The van der Waals surface area contributed by atoms with Gasteiger partial charge in [-0.15, -0.1) is 0 Å². The Morgan fingerprint density at radius 2 is 2.16 bits per heavy atom. The molecule has 1 aromatic carbocycles. The number of pyridine rings is 1. The topological polar surface area (TPSA) is 49.0 Å². The summed E-state index contributed by atoms with van der Waals surface area (Å²) in [5.74, 6) is -0.969. The predicted molar refractivity (Wildman–Crippen MR) is 96.0 cm³/mol. The molecule has 0 bridgehead atoms. The second-order valence-electron chi connectivity index (χ2n) is 5.93. The molecule has 0 saturated heterocycles. The Labute approximate surface area is 148 Å². The second kappa shape index (κ2) is 6.33. The van der Waals surface area contributed by atoms with Gasteiger partial charge in [0.05, 0.1) is 21.6 Å². The standard InChI is InChI=1S/C19H15ClFN3O/c20-14-3-1-4-15(21)17(14)19(25)24-9-6-12(7-10-24)13-11-23-16-5-2-8-22-18(13)16/h1-6,8,11,23H,7,9-10H2. The van der Waals surface area contributed by atoms with E-state index >= 15 is 0 Å². The molecule has 0 atom stereocenters. The molecule has 0 spiro atoms. The number of rotatable bonds is 2. The van der Waals surface area contributed by atoms with Gasteiger partial charge in [-0.2, -0.15) is 0 Å². The smallest absolute Gasteiger partial charge is 0.258 e. The number of halogens is 2. The van der Waals surface area contributed by atoms with E-state index < -0.39 is 5.82 Å². The molecule has 3 heterocycles. The van der Waals surface area contributed by atoms with Crippen LogP contribution in [-0.4, -0.2) is 33.9 Å². The Kier molecular flexibility index (Phi) is 4.01. The number of carbonyl (C=O) groups is 1. The highest BCUT2D eigenvalue weighted by Gasteiger charge is 2.24. The number of fused-ring (bicyclic) bond motifs is 1. The molecule has 1 aliphatic rings.